The van der Waals surface area contributed by atoms with E-state index >= 15 is 0 Å². The molecule has 0 saturated heterocycles. The minimum Gasteiger partial charge on any atom is -0.129 e. The van der Waals surface area contributed by atoms with E-state index in [0.717, 1.165) is 0 Å². The molecular weight excluding hydrogens is 200 g/mol. The molecule has 0 fully saturated rings. The Balaban J connectivity index is 2.45. The lowest BCUT2D eigenvalue weighted by Crippen LogP contribution is -1.85. The van der Waals surface area contributed by atoms with Gasteiger partial charge in [0, 0.05) is 4.91 Å². The van der Waals surface area contributed by atoms with E-state index in [1.54, 1.807) is 11.8 Å². The third-order valence-electron chi connectivity index (χ3n) is 2.25. The van der Waals surface area contributed by atoms with Crippen molar-refractivity contribution in [3.8, 4) is 0 Å². The minimum atomic E-state index is 1.26. The molecule has 0 radical (unpaired) electrons. The zero-order chi connectivity index (χ0) is 10.5. The lowest BCUT2D eigenvalue weighted by atomic mass is 10.1. The van der Waals surface area contributed by atoms with E-state index in [1.165, 1.54) is 16.0 Å². The second-order valence-electron chi connectivity index (χ2n) is 3.18. The van der Waals surface area contributed by atoms with Crippen molar-refractivity contribution in [2.24, 2.45) is 0 Å². The second kappa shape index (κ2) is 4.88. The lowest BCUT2D eigenvalue weighted by molar-refractivity contribution is 1.61. The molecule has 1 heteroatoms. The Morgan fingerprint density at radius 1 is 1.00 bits per heavy atom. The lowest BCUT2D eigenvalue weighted by Gasteiger charge is -2.08. The Labute approximate surface area is 94.7 Å². The van der Waals surface area contributed by atoms with E-state index in [9.17, 15) is 0 Å². The van der Waals surface area contributed by atoms with Gasteiger partial charge >= 0.3 is 0 Å². The van der Waals surface area contributed by atoms with E-state index in [-0.39, 0.29) is 0 Å². The molecule has 1 aromatic rings. The quantitative estimate of drug-likeness (QED) is 0.667. The smallest absolute Gasteiger partial charge is 0.0154 e. The number of allylic oxidation sites excluding steroid dienone is 4. The van der Waals surface area contributed by atoms with Crippen LogP contribution in [0.5, 0.6) is 0 Å². The van der Waals surface area contributed by atoms with Crippen LogP contribution in [0.1, 0.15) is 5.56 Å². The molecule has 15 heavy (non-hydrogen) atoms. The van der Waals surface area contributed by atoms with Gasteiger partial charge in [-0.15, -0.1) is 17.5 Å². The maximum absolute atomic E-state index is 3.10. The highest BCUT2D eigenvalue weighted by atomic mass is 32.2. The third kappa shape index (κ3) is 2.33. The van der Waals surface area contributed by atoms with Crippen molar-refractivity contribution in [3.05, 3.63) is 70.8 Å². The van der Waals surface area contributed by atoms with Crippen LogP contribution in [0.15, 0.2) is 65.3 Å². The van der Waals surface area contributed by atoms with E-state index in [4.69, 9.17) is 0 Å². The van der Waals surface area contributed by atoms with Gasteiger partial charge in [-0.05, 0) is 41.7 Å². The standard InChI is InChI=1S/C14H12S/c1-15-14-11-7-3-6-10-13(14)12-8-4-2-5-9-12/h2,4-11H,1H3. The fourth-order valence-corrected chi connectivity index (χ4v) is 2.13. The van der Waals surface area contributed by atoms with Gasteiger partial charge in [-0.1, -0.05) is 30.3 Å². The molecule has 1 aliphatic rings. The maximum atomic E-state index is 3.10. The van der Waals surface area contributed by atoms with Gasteiger partial charge in [0.05, 0.1) is 0 Å². The van der Waals surface area contributed by atoms with Crippen molar-refractivity contribution < 1.29 is 0 Å². The first-order valence-electron chi connectivity index (χ1n) is 4.84. The Morgan fingerprint density at radius 3 is 2.47 bits per heavy atom. The van der Waals surface area contributed by atoms with Crippen molar-refractivity contribution in [2.75, 3.05) is 6.26 Å². The molecule has 1 aromatic carbocycles. The zero-order valence-corrected chi connectivity index (χ0v) is 9.42. The predicted octanol–water partition coefficient (Wildman–Crippen LogP) is 4.04. The van der Waals surface area contributed by atoms with Gasteiger partial charge in [0.1, 0.15) is 0 Å². The van der Waals surface area contributed by atoms with Crippen LogP contribution in [0, 0.1) is 0 Å². The molecule has 1 aliphatic carbocycles. The maximum Gasteiger partial charge on any atom is 0.0154 e. The molecule has 2 rings (SSSR count). The SMILES string of the molecule is CSC1=CC=C=CC=C1c1ccccc1. The van der Waals surface area contributed by atoms with Gasteiger partial charge in [0.15, 0.2) is 0 Å². The first-order valence-corrected chi connectivity index (χ1v) is 6.07. The van der Waals surface area contributed by atoms with Gasteiger partial charge in [-0.25, -0.2) is 0 Å². The molecule has 0 aliphatic heterocycles. The summed E-state index contributed by atoms with van der Waals surface area (Å²) in [6.07, 6.45) is 10.2. The van der Waals surface area contributed by atoms with Crippen LogP contribution in [0.25, 0.3) is 5.57 Å². The Morgan fingerprint density at radius 2 is 1.73 bits per heavy atom. The summed E-state index contributed by atoms with van der Waals surface area (Å²) in [5.41, 5.74) is 5.62. The average molecular weight is 212 g/mol. The highest BCUT2D eigenvalue weighted by molar-refractivity contribution is 8.03. The zero-order valence-electron chi connectivity index (χ0n) is 8.60. The van der Waals surface area contributed by atoms with Gasteiger partial charge in [-0.3, -0.25) is 0 Å². The van der Waals surface area contributed by atoms with Gasteiger partial charge in [0.25, 0.3) is 0 Å². The molecule has 0 amide bonds. The number of hydrogen-bond donors (Lipinski definition) is 0. The molecule has 0 N–H and O–H groups in total. The van der Waals surface area contributed by atoms with Crippen LogP contribution >= 0.6 is 11.8 Å². The van der Waals surface area contributed by atoms with Crippen LogP contribution in [0.3, 0.4) is 0 Å². The fourth-order valence-electron chi connectivity index (χ4n) is 1.52. The molecule has 0 bridgehead atoms. The Kier molecular flexibility index (Phi) is 3.29. The Hall–Kier alpha value is -1.43. The van der Waals surface area contributed by atoms with Crippen molar-refractivity contribution >= 4 is 17.3 Å². The third-order valence-corrected chi connectivity index (χ3v) is 3.04. The summed E-state index contributed by atoms with van der Waals surface area (Å²) in [7, 11) is 0. The summed E-state index contributed by atoms with van der Waals surface area (Å²) in [6.45, 7) is 0. The van der Waals surface area contributed by atoms with E-state index in [1.807, 2.05) is 18.2 Å². The highest BCUT2D eigenvalue weighted by Crippen LogP contribution is 2.30. The van der Waals surface area contributed by atoms with Crippen LogP contribution < -0.4 is 0 Å². The Bertz CT molecular complexity index is 457. The van der Waals surface area contributed by atoms with Gasteiger partial charge < -0.3 is 0 Å². The first-order chi connectivity index (χ1) is 7.42. The monoisotopic (exact) mass is 212 g/mol. The van der Waals surface area contributed by atoms with Crippen molar-refractivity contribution in [1.82, 2.24) is 0 Å². The minimum absolute atomic E-state index is 1.26. The molecule has 0 spiro atoms. The summed E-state index contributed by atoms with van der Waals surface area (Å²) in [5.74, 6) is 0. The van der Waals surface area contributed by atoms with Crippen molar-refractivity contribution in [3.63, 3.8) is 0 Å². The summed E-state index contributed by atoms with van der Waals surface area (Å²) in [5, 5.41) is 0. The van der Waals surface area contributed by atoms with Crippen LogP contribution in [0.2, 0.25) is 0 Å². The molecule has 0 unspecified atom stereocenters. The molecular formula is C14H12S. The molecule has 0 heterocycles. The van der Waals surface area contributed by atoms with Gasteiger partial charge in [-0.2, -0.15) is 0 Å². The molecule has 0 atom stereocenters. The number of hydrogen-bond acceptors (Lipinski definition) is 1. The van der Waals surface area contributed by atoms with Crippen LogP contribution in [0.4, 0.5) is 0 Å². The topological polar surface area (TPSA) is 0 Å². The predicted molar refractivity (Wildman–Crippen MR) is 68.7 cm³/mol. The first kappa shape index (κ1) is 10.1. The highest BCUT2D eigenvalue weighted by Gasteiger charge is 2.05. The summed E-state index contributed by atoms with van der Waals surface area (Å²) < 4.78 is 0. The van der Waals surface area contributed by atoms with Crippen LogP contribution in [-0.2, 0) is 0 Å². The summed E-state index contributed by atoms with van der Waals surface area (Å²) >= 11 is 1.76. The normalized spacial score (nSPS) is 14.5. The number of rotatable bonds is 2. The van der Waals surface area contributed by atoms with E-state index in [2.05, 4.69) is 48.4 Å². The largest absolute Gasteiger partial charge is 0.129 e. The summed E-state index contributed by atoms with van der Waals surface area (Å²) in [4.78, 5) is 1.28. The molecule has 0 saturated carbocycles. The number of thioether (sulfide) groups is 1. The average Bonchev–Trinajstić information content (AvgIpc) is 2.55. The van der Waals surface area contributed by atoms with E-state index in [0.29, 0.717) is 0 Å². The van der Waals surface area contributed by atoms with Gasteiger partial charge in [0.2, 0.25) is 0 Å². The molecule has 0 nitrogen and oxygen atoms in total. The van der Waals surface area contributed by atoms with E-state index < -0.39 is 0 Å². The van der Waals surface area contributed by atoms with Crippen LogP contribution in [-0.4, -0.2) is 6.26 Å². The summed E-state index contributed by atoms with van der Waals surface area (Å²) in [6, 6.07) is 10.4. The molecule has 74 valence electrons. The fraction of sp³-hybridized carbons (Fsp3) is 0.0714. The van der Waals surface area contributed by atoms with Crippen molar-refractivity contribution in [2.45, 2.75) is 0 Å². The molecule has 0 aromatic heterocycles. The number of benzene rings is 1. The second-order valence-corrected chi connectivity index (χ2v) is 4.03. The van der Waals surface area contributed by atoms with Crippen molar-refractivity contribution in [1.29, 1.82) is 0 Å².